The number of carbonyl (C=O) groups is 1. The van der Waals surface area contributed by atoms with Crippen molar-refractivity contribution in [3.63, 3.8) is 0 Å². The zero-order valence-corrected chi connectivity index (χ0v) is 11.0. The Kier molecular flexibility index (Phi) is 4.61. The molecule has 0 fully saturated rings. The minimum absolute atomic E-state index is 0.308. The van der Waals surface area contributed by atoms with Crippen LogP contribution in [0.15, 0.2) is 24.3 Å². The first-order valence-electron chi connectivity index (χ1n) is 5.49. The van der Waals surface area contributed by atoms with Crippen LogP contribution in [0.3, 0.4) is 0 Å². The van der Waals surface area contributed by atoms with Gasteiger partial charge < -0.3 is 5.11 Å². The third kappa shape index (κ3) is 3.90. The summed E-state index contributed by atoms with van der Waals surface area (Å²) < 4.78 is 29.8. The molecule has 0 bridgehead atoms. The molecule has 1 aromatic rings. The van der Waals surface area contributed by atoms with Crippen molar-refractivity contribution in [2.75, 3.05) is 0 Å². The Hall–Kier alpha value is -1.24. The van der Waals surface area contributed by atoms with E-state index in [1.165, 1.54) is 0 Å². The summed E-state index contributed by atoms with van der Waals surface area (Å²) in [5.41, 5.74) is -0.709. The lowest BCUT2D eigenvalue weighted by Crippen LogP contribution is -2.23. The Bertz CT molecular complexity index is 516. The monoisotopic (exact) mass is 272 g/mol. The quantitative estimate of drug-likeness (QED) is 0.627. The Morgan fingerprint density at radius 2 is 1.72 bits per heavy atom. The zero-order chi connectivity index (χ0) is 13.9. The highest BCUT2D eigenvalue weighted by molar-refractivity contribution is 7.86. The van der Waals surface area contributed by atoms with E-state index in [1.54, 1.807) is 24.3 Å². The largest absolute Gasteiger partial charge is 0.375 e. The van der Waals surface area contributed by atoms with Crippen LogP contribution in [-0.4, -0.2) is 29.3 Å². The highest BCUT2D eigenvalue weighted by Crippen LogP contribution is 2.16. The van der Waals surface area contributed by atoms with Crippen molar-refractivity contribution in [2.24, 2.45) is 0 Å². The van der Waals surface area contributed by atoms with Crippen molar-refractivity contribution >= 4 is 15.9 Å². The maximum Gasteiger partial charge on any atom is 0.292 e. The highest BCUT2D eigenvalue weighted by atomic mass is 32.2. The molecule has 0 aliphatic heterocycles. The smallest absolute Gasteiger partial charge is 0.292 e. The molecule has 1 unspecified atom stereocenters. The van der Waals surface area contributed by atoms with Crippen LogP contribution in [0.25, 0.3) is 0 Å². The van der Waals surface area contributed by atoms with Crippen LogP contribution >= 0.6 is 0 Å². The summed E-state index contributed by atoms with van der Waals surface area (Å²) in [7, 11) is -4.59. The van der Waals surface area contributed by atoms with Gasteiger partial charge in [0.15, 0.2) is 11.2 Å². The maximum absolute atomic E-state index is 11.6. The molecule has 18 heavy (non-hydrogen) atoms. The van der Waals surface area contributed by atoms with Gasteiger partial charge in [-0.3, -0.25) is 9.35 Å². The summed E-state index contributed by atoms with van der Waals surface area (Å²) in [6.45, 7) is 4.03. The predicted octanol–water partition coefficient (Wildman–Crippen LogP) is 1.59. The molecular formula is C12H16O5S. The van der Waals surface area contributed by atoms with E-state index in [0.717, 1.165) is 5.56 Å². The van der Waals surface area contributed by atoms with Gasteiger partial charge in [-0.05, 0) is 11.5 Å². The number of rotatable bonds is 5. The van der Waals surface area contributed by atoms with Crippen LogP contribution in [0.1, 0.15) is 42.1 Å². The van der Waals surface area contributed by atoms with Crippen molar-refractivity contribution in [1.82, 2.24) is 0 Å². The summed E-state index contributed by atoms with van der Waals surface area (Å²) in [5, 5.41) is 9.10. The molecule has 1 aromatic carbocycles. The van der Waals surface area contributed by atoms with Crippen molar-refractivity contribution in [1.29, 1.82) is 0 Å². The fourth-order valence-electron chi connectivity index (χ4n) is 1.44. The third-order valence-corrected chi connectivity index (χ3v) is 3.46. The van der Waals surface area contributed by atoms with Gasteiger partial charge in [-0.25, -0.2) is 0 Å². The lowest BCUT2D eigenvalue weighted by atomic mass is 10.00. The van der Waals surface area contributed by atoms with Gasteiger partial charge in [0.1, 0.15) is 0 Å². The molecule has 0 aliphatic rings. The molecule has 0 spiro atoms. The van der Waals surface area contributed by atoms with Crippen molar-refractivity contribution in [3.8, 4) is 0 Å². The van der Waals surface area contributed by atoms with E-state index in [2.05, 4.69) is 0 Å². The molecule has 0 saturated carbocycles. The molecule has 2 N–H and O–H groups in total. The SMILES string of the molecule is CC(C)c1ccc(C(=O)CC(O)S(=O)(=O)O)cc1. The van der Waals surface area contributed by atoms with Crippen molar-refractivity contribution in [3.05, 3.63) is 35.4 Å². The van der Waals surface area contributed by atoms with Crippen LogP contribution < -0.4 is 0 Å². The second kappa shape index (κ2) is 5.60. The number of aliphatic hydroxyl groups excluding tert-OH is 1. The Morgan fingerprint density at radius 3 is 2.11 bits per heavy atom. The molecule has 1 rings (SSSR count). The number of hydrogen-bond acceptors (Lipinski definition) is 4. The number of hydrogen-bond donors (Lipinski definition) is 2. The van der Waals surface area contributed by atoms with Gasteiger partial charge in [-0.1, -0.05) is 38.1 Å². The van der Waals surface area contributed by atoms with Gasteiger partial charge in [0.05, 0.1) is 6.42 Å². The Morgan fingerprint density at radius 1 is 1.22 bits per heavy atom. The summed E-state index contributed by atoms with van der Waals surface area (Å²) >= 11 is 0. The minimum atomic E-state index is -4.59. The Labute approximate surface area is 106 Å². The molecule has 0 saturated heterocycles. The van der Waals surface area contributed by atoms with E-state index in [1.807, 2.05) is 13.8 Å². The van der Waals surface area contributed by atoms with E-state index in [0.29, 0.717) is 11.5 Å². The van der Waals surface area contributed by atoms with Crippen molar-refractivity contribution in [2.45, 2.75) is 31.6 Å². The molecule has 6 heteroatoms. The van der Waals surface area contributed by atoms with Gasteiger partial charge in [-0.15, -0.1) is 0 Å². The average molecular weight is 272 g/mol. The first kappa shape index (κ1) is 14.8. The summed E-state index contributed by atoms with van der Waals surface area (Å²) in [6.07, 6.45) is -0.653. The molecule has 0 aromatic heterocycles. The summed E-state index contributed by atoms with van der Waals surface area (Å²) in [6, 6.07) is 6.71. The number of aliphatic hydroxyl groups is 1. The van der Waals surface area contributed by atoms with Crippen LogP contribution in [-0.2, 0) is 10.1 Å². The number of Topliss-reactive ketones (excluding diaryl/α,β-unsaturated/α-hetero) is 1. The van der Waals surface area contributed by atoms with Crippen LogP contribution in [0, 0.1) is 0 Å². The molecule has 5 nitrogen and oxygen atoms in total. The minimum Gasteiger partial charge on any atom is -0.375 e. The first-order valence-corrected chi connectivity index (χ1v) is 6.99. The van der Waals surface area contributed by atoms with E-state index in [4.69, 9.17) is 9.66 Å². The third-order valence-electron chi connectivity index (χ3n) is 2.60. The van der Waals surface area contributed by atoms with Crippen LogP contribution in [0.4, 0.5) is 0 Å². The standard InChI is InChI=1S/C12H16O5S/c1-8(2)9-3-5-10(6-4-9)11(13)7-12(14)18(15,16)17/h3-6,8,12,14H,7H2,1-2H3,(H,15,16,17). The van der Waals surface area contributed by atoms with Gasteiger partial charge in [-0.2, -0.15) is 8.42 Å². The van der Waals surface area contributed by atoms with Gasteiger partial charge in [0.25, 0.3) is 10.1 Å². The second-order valence-electron chi connectivity index (χ2n) is 4.37. The number of carbonyl (C=O) groups excluding carboxylic acids is 1. The van der Waals surface area contributed by atoms with Crippen LogP contribution in [0.2, 0.25) is 0 Å². The molecule has 0 radical (unpaired) electrons. The molecule has 100 valence electrons. The molecular weight excluding hydrogens is 256 g/mol. The van der Waals surface area contributed by atoms with Gasteiger partial charge in [0, 0.05) is 5.56 Å². The number of benzene rings is 1. The molecule has 0 aliphatic carbocycles. The topological polar surface area (TPSA) is 91.7 Å². The van der Waals surface area contributed by atoms with Gasteiger partial charge >= 0.3 is 0 Å². The predicted molar refractivity (Wildman–Crippen MR) is 67.0 cm³/mol. The highest BCUT2D eigenvalue weighted by Gasteiger charge is 2.23. The lowest BCUT2D eigenvalue weighted by Gasteiger charge is -2.08. The van der Waals surface area contributed by atoms with E-state index >= 15 is 0 Å². The number of ketones is 1. The lowest BCUT2D eigenvalue weighted by molar-refractivity contribution is 0.0932. The first-order chi connectivity index (χ1) is 8.21. The second-order valence-corrected chi connectivity index (χ2v) is 5.95. The summed E-state index contributed by atoms with van der Waals surface area (Å²) in [5.74, 6) is -0.201. The zero-order valence-electron chi connectivity index (χ0n) is 10.2. The normalized spacial score (nSPS) is 13.6. The average Bonchev–Trinajstić information content (AvgIpc) is 2.27. The molecule has 1 atom stereocenters. The summed E-state index contributed by atoms with van der Waals surface area (Å²) in [4.78, 5) is 11.6. The van der Waals surface area contributed by atoms with Crippen LogP contribution in [0.5, 0.6) is 0 Å². The van der Waals surface area contributed by atoms with Crippen molar-refractivity contribution < 1.29 is 22.9 Å². The van der Waals surface area contributed by atoms with Gasteiger partial charge in [0.2, 0.25) is 0 Å². The molecule has 0 amide bonds. The molecule has 0 heterocycles. The maximum atomic E-state index is 11.6. The van der Waals surface area contributed by atoms with E-state index in [-0.39, 0.29) is 0 Å². The fraction of sp³-hybridized carbons (Fsp3) is 0.417. The van der Waals surface area contributed by atoms with E-state index in [9.17, 15) is 13.2 Å². The fourth-order valence-corrected chi connectivity index (χ4v) is 1.80. The Balaban J connectivity index is 2.80. The van der Waals surface area contributed by atoms with E-state index < -0.39 is 27.8 Å².